The number of pyridine rings is 1. The van der Waals surface area contributed by atoms with Gasteiger partial charge in [0.1, 0.15) is 0 Å². The third-order valence-electron chi connectivity index (χ3n) is 2.77. The van der Waals surface area contributed by atoms with Gasteiger partial charge in [0.25, 0.3) is 0 Å². The van der Waals surface area contributed by atoms with Gasteiger partial charge in [0.15, 0.2) is 0 Å². The summed E-state index contributed by atoms with van der Waals surface area (Å²) in [5, 5.41) is 0. The Morgan fingerprint density at radius 3 is 2.53 bits per heavy atom. The smallest absolute Gasteiger partial charge is 0.0954 e. The molecule has 0 bridgehead atoms. The largest absolute Gasteiger partial charge is 0.328 e. The summed E-state index contributed by atoms with van der Waals surface area (Å²) in [6.07, 6.45) is 9.02. The Morgan fingerprint density at radius 1 is 1.27 bits per heavy atom. The summed E-state index contributed by atoms with van der Waals surface area (Å²) >= 11 is 0. The first kappa shape index (κ1) is 9.86. The van der Waals surface area contributed by atoms with E-state index in [0.29, 0.717) is 6.54 Å². The molecule has 2 N–H and O–H groups in total. The van der Waals surface area contributed by atoms with Crippen molar-refractivity contribution < 1.29 is 0 Å². The molecular weight excluding hydrogens is 188 g/mol. The van der Waals surface area contributed by atoms with E-state index in [0.717, 1.165) is 5.56 Å². The summed E-state index contributed by atoms with van der Waals surface area (Å²) in [6, 6.07) is 3.96. The summed E-state index contributed by atoms with van der Waals surface area (Å²) in [5.74, 6) is 0. The second kappa shape index (κ2) is 3.82. The molecule has 4 heteroatoms. The second-order valence-electron chi connectivity index (χ2n) is 3.68. The number of nitrogens with zero attached hydrogens (tertiary/aromatic N) is 3. The van der Waals surface area contributed by atoms with Crippen LogP contribution < -0.4 is 5.73 Å². The Morgan fingerprint density at radius 2 is 2.00 bits per heavy atom. The lowest BCUT2D eigenvalue weighted by atomic mass is 9.93. The maximum atomic E-state index is 5.86. The topological polar surface area (TPSA) is 56.7 Å². The van der Waals surface area contributed by atoms with Crippen LogP contribution in [0.5, 0.6) is 0 Å². The van der Waals surface area contributed by atoms with Crippen molar-refractivity contribution in [1.29, 1.82) is 0 Å². The normalized spacial score (nSPS) is 14.8. The minimum absolute atomic E-state index is 0.251. The van der Waals surface area contributed by atoms with Gasteiger partial charge in [-0.05, 0) is 24.6 Å². The second-order valence-corrected chi connectivity index (χ2v) is 3.68. The first-order valence-electron chi connectivity index (χ1n) is 4.86. The van der Waals surface area contributed by atoms with Gasteiger partial charge in [-0.1, -0.05) is 0 Å². The Bertz CT molecular complexity index is 409. The highest BCUT2D eigenvalue weighted by atomic mass is 15.1. The maximum absolute atomic E-state index is 5.86. The SMILES string of the molecule is CC(CN)(c1ccncc1)n1ccnc1. The van der Waals surface area contributed by atoms with E-state index in [-0.39, 0.29) is 5.54 Å². The fourth-order valence-corrected chi connectivity index (χ4v) is 1.63. The van der Waals surface area contributed by atoms with Crippen LogP contribution in [0, 0.1) is 0 Å². The van der Waals surface area contributed by atoms with Gasteiger partial charge in [0, 0.05) is 31.3 Å². The third kappa shape index (κ3) is 1.64. The summed E-state index contributed by atoms with van der Waals surface area (Å²) in [6.45, 7) is 2.61. The molecule has 2 rings (SSSR count). The molecule has 0 saturated heterocycles. The van der Waals surface area contributed by atoms with Gasteiger partial charge < -0.3 is 10.3 Å². The van der Waals surface area contributed by atoms with Gasteiger partial charge in [-0.25, -0.2) is 4.98 Å². The van der Waals surface area contributed by atoms with Gasteiger partial charge in [-0.2, -0.15) is 0 Å². The van der Waals surface area contributed by atoms with Gasteiger partial charge in [0.05, 0.1) is 11.9 Å². The van der Waals surface area contributed by atoms with Crippen molar-refractivity contribution in [2.45, 2.75) is 12.5 Å². The van der Waals surface area contributed by atoms with E-state index < -0.39 is 0 Å². The molecule has 0 fully saturated rings. The fraction of sp³-hybridized carbons (Fsp3) is 0.273. The monoisotopic (exact) mass is 202 g/mol. The minimum Gasteiger partial charge on any atom is -0.328 e. The van der Waals surface area contributed by atoms with E-state index in [1.165, 1.54) is 0 Å². The molecule has 0 radical (unpaired) electrons. The van der Waals surface area contributed by atoms with E-state index in [2.05, 4.69) is 16.9 Å². The molecule has 0 aliphatic rings. The van der Waals surface area contributed by atoms with E-state index >= 15 is 0 Å². The first-order chi connectivity index (χ1) is 7.27. The van der Waals surface area contributed by atoms with E-state index in [9.17, 15) is 0 Å². The molecule has 4 nitrogen and oxygen atoms in total. The molecule has 2 aromatic rings. The highest BCUT2D eigenvalue weighted by Crippen LogP contribution is 2.23. The molecule has 2 heterocycles. The van der Waals surface area contributed by atoms with E-state index in [1.54, 1.807) is 24.9 Å². The number of hydrogen-bond acceptors (Lipinski definition) is 3. The molecule has 0 aliphatic carbocycles. The molecule has 1 atom stereocenters. The molecule has 1 unspecified atom stereocenters. The zero-order valence-corrected chi connectivity index (χ0v) is 8.67. The van der Waals surface area contributed by atoms with E-state index in [4.69, 9.17) is 5.73 Å². The van der Waals surface area contributed by atoms with Crippen LogP contribution in [0.15, 0.2) is 43.2 Å². The van der Waals surface area contributed by atoms with Crippen LogP contribution in [-0.4, -0.2) is 21.1 Å². The summed E-state index contributed by atoms with van der Waals surface area (Å²) in [4.78, 5) is 8.06. The Balaban J connectivity index is 2.47. The zero-order valence-electron chi connectivity index (χ0n) is 8.67. The number of imidazole rings is 1. The number of nitrogens with two attached hydrogens (primary N) is 1. The highest BCUT2D eigenvalue weighted by Gasteiger charge is 2.26. The van der Waals surface area contributed by atoms with Crippen LogP contribution >= 0.6 is 0 Å². The molecular formula is C11H14N4. The fourth-order valence-electron chi connectivity index (χ4n) is 1.63. The van der Waals surface area contributed by atoms with Crippen LogP contribution in [0.25, 0.3) is 0 Å². The molecule has 0 amide bonds. The first-order valence-corrected chi connectivity index (χ1v) is 4.86. The number of rotatable bonds is 3. The van der Waals surface area contributed by atoms with Crippen molar-refractivity contribution in [2.75, 3.05) is 6.54 Å². The quantitative estimate of drug-likeness (QED) is 0.807. The number of hydrogen-bond donors (Lipinski definition) is 1. The minimum atomic E-state index is -0.251. The lowest BCUT2D eigenvalue weighted by Gasteiger charge is -2.30. The zero-order chi connectivity index (χ0) is 10.7. The third-order valence-corrected chi connectivity index (χ3v) is 2.77. The highest BCUT2D eigenvalue weighted by molar-refractivity contribution is 5.22. The molecule has 0 spiro atoms. The standard InChI is InChI=1S/C11H14N4/c1-11(8-12,15-7-6-14-9-15)10-2-4-13-5-3-10/h2-7,9H,8,12H2,1H3. The van der Waals surface area contributed by atoms with Crippen molar-refractivity contribution in [2.24, 2.45) is 5.73 Å². The van der Waals surface area contributed by atoms with Crippen LogP contribution in [-0.2, 0) is 5.54 Å². The molecule has 0 aromatic carbocycles. The lowest BCUT2D eigenvalue weighted by Crippen LogP contribution is -2.38. The predicted octanol–water partition coefficient (Wildman–Crippen LogP) is 1.00. The van der Waals surface area contributed by atoms with E-state index in [1.807, 2.05) is 22.9 Å². The Labute approximate surface area is 88.8 Å². The van der Waals surface area contributed by atoms with Crippen molar-refractivity contribution >= 4 is 0 Å². The average Bonchev–Trinajstić information content (AvgIpc) is 2.83. The average molecular weight is 202 g/mol. The summed E-state index contributed by atoms with van der Waals surface area (Å²) in [7, 11) is 0. The van der Waals surface area contributed by atoms with Crippen LogP contribution in [0.2, 0.25) is 0 Å². The van der Waals surface area contributed by atoms with Gasteiger partial charge in [0.2, 0.25) is 0 Å². The van der Waals surface area contributed by atoms with Crippen molar-refractivity contribution in [3.05, 3.63) is 48.8 Å². The van der Waals surface area contributed by atoms with Crippen LogP contribution in [0.3, 0.4) is 0 Å². The summed E-state index contributed by atoms with van der Waals surface area (Å²) < 4.78 is 2.02. The van der Waals surface area contributed by atoms with Crippen molar-refractivity contribution in [3.63, 3.8) is 0 Å². The molecule has 2 aromatic heterocycles. The molecule has 0 aliphatic heterocycles. The Hall–Kier alpha value is -1.68. The van der Waals surface area contributed by atoms with Gasteiger partial charge in [-0.3, -0.25) is 4.98 Å². The maximum Gasteiger partial charge on any atom is 0.0954 e. The van der Waals surface area contributed by atoms with Gasteiger partial charge >= 0.3 is 0 Å². The van der Waals surface area contributed by atoms with Gasteiger partial charge in [-0.15, -0.1) is 0 Å². The van der Waals surface area contributed by atoms with Crippen molar-refractivity contribution in [1.82, 2.24) is 14.5 Å². The predicted molar refractivity (Wildman–Crippen MR) is 58.3 cm³/mol. The Kier molecular flexibility index (Phi) is 2.51. The van der Waals surface area contributed by atoms with Crippen LogP contribution in [0.4, 0.5) is 0 Å². The molecule has 0 saturated carbocycles. The lowest BCUT2D eigenvalue weighted by molar-refractivity contribution is 0.403. The van der Waals surface area contributed by atoms with Crippen LogP contribution in [0.1, 0.15) is 12.5 Å². The van der Waals surface area contributed by atoms with Crippen molar-refractivity contribution in [3.8, 4) is 0 Å². The summed E-state index contributed by atoms with van der Waals surface area (Å²) in [5.41, 5.74) is 6.75. The molecule has 78 valence electrons. The molecule has 15 heavy (non-hydrogen) atoms. The number of aromatic nitrogens is 3.